The van der Waals surface area contributed by atoms with Crippen molar-refractivity contribution in [1.29, 1.82) is 0 Å². The number of imidazole rings is 1. The molecule has 23 heavy (non-hydrogen) atoms. The fourth-order valence-corrected chi connectivity index (χ4v) is 3.08. The van der Waals surface area contributed by atoms with Gasteiger partial charge in [0.1, 0.15) is 5.82 Å². The highest BCUT2D eigenvalue weighted by Gasteiger charge is 2.17. The monoisotopic (exact) mass is 312 g/mol. The minimum absolute atomic E-state index is 0.117. The number of amides is 1. The minimum Gasteiger partial charge on any atom is -0.331 e. The van der Waals surface area contributed by atoms with E-state index in [2.05, 4.69) is 26.3 Å². The molecule has 5 nitrogen and oxygen atoms in total. The normalized spacial score (nSPS) is 15.5. The fourth-order valence-electron chi connectivity index (χ4n) is 3.08. The summed E-state index contributed by atoms with van der Waals surface area (Å²) in [6, 6.07) is 8.00. The second-order valence-corrected chi connectivity index (χ2v) is 6.21. The maximum Gasteiger partial charge on any atom is 0.224 e. The summed E-state index contributed by atoms with van der Waals surface area (Å²) in [5.74, 6) is 1.59. The molecule has 1 aliphatic heterocycles. The third-order valence-electron chi connectivity index (χ3n) is 4.49. The average Bonchev–Trinajstić information content (AvgIpc) is 2.95. The van der Waals surface area contributed by atoms with Crippen molar-refractivity contribution in [1.82, 2.24) is 14.9 Å². The first-order chi connectivity index (χ1) is 11.2. The molecule has 0 radical (unpaired) electrons. The first kappa shape index (κ1) is 15.7. The highest BCUT2D eigenvalue weighted by molar-refractivity contribution is 5.91. The quantitative estimate of drug-likeness (QED) is 0.892. The number of anilines is 1. The molecule has 1 aromatic carbocycles. The summed E-state index contributed by atoms with van der Waals surface area (Å²) in [4.78, 5) is 16.6. The maximum absolute atomic E-state index is 12.4. The van der Waals surface area contributed by atoms with Crippen LogP contribution in [0.15, 0.2) is 36.7 Å². The first-order valence-electron chi connectivity index (χ1n) is 8.28. The molecule has 0 atom stereocenters. The Bertz CT molecular complexity index is 659. The Labute approximate surface area is 137 Å². The third kappa shape index (κ3) is 4.20. The van der Waals surface area contributed by atoms with E-state index in [1.807, 2.05) is 31.3 Å². The summed E-state index contributed by atoms with van der Waals surface area (Å²) in [5.41, 5.74) is 2.01. The number of carbonyl (C=O) groups is 1. The van der Waals surface area contributed by atoms with Crippen molar-refractivity contribution in [3.63, 3.8) is 0 Å². The molecule has 0 bridgehead atoms. The zero-order chi connectivity index (χ0) is 16.1. The lowest BCUT2D eigenvalue weighted by Crippen LogP contribution is -2.30. The first-order valence-corrected chi connectivity index (χ1v) is 8.28. The van der Waals surface area contributed by atoms with E-state index in [0.717, 1.165) is 49.6 Å². The fraction of sp³-hybridized carbons (Fsp3) is 0.444. The molecule has 2 aromatic rings. The van der Waals surface area contributed by atoms with Gasteiger partial charge in [0.15, 0.2) is 0 Å². The van der Waals surface area contributed by atoms with Crippen molar-refractivity contribution in [2.45, 2.75) is 32.7 Å². The third-order valence-corrected chi connectivity index (χ3v) is 4.49. The van der Waals surface area contributed by atoms with Gasteiger partial charge in [-0.25, -0.2) is 4.98 Å². The number of rotatable bonds is 5. The number of para-hydroxylation sites is 1. The lowest BCUT2D eigenvalue weighted by atomic mass is 9.94. The highest BCUT2D eigenvalue weighted by atomic mass is 16.1. The Balaban J connectivity index is 1.65. The van der Waals surface area contributed by atoms with E-state index in [0.29, 0.717) is 12.3 Å². The summed E-state index contributed by atoms with van der Waals surface area (Å²) in [6.07, 6.45) is 6.54. The Morgan fingerprint density at radius 3 is 2.87 bits per heavy atom. The van der Waals surface area contributed by atoms with Crippen molar-refractivity contribution < 1.29 is 4.79 Å². The van der Waals surface area contributed by atoms with Gasteiger partial charge in [-0.1, -0.05) is 18.2 Å². The van der Waals surface area contributed by atoms with E-state index >= 15 is 0 Å². The number of aromatic nitrogens is 2. The van der Waals surface area contributed by atoms with Crippen LogP contribution in [0.2, 0.25) is 0 Å². The summed E-state index contributed by atoms with van der Waals surface area (Å²) in [7, 11) is 0. The van der Waals surface area contributed by atoms with Crippen LogP contribution < -0.4 is 10.6 Å². The van der Waals surface area contributed by atoms with Crippen LogP contribution in [0.5, 0.6) is 0 Å². The number of piperidine rings is 1. The van der Waals surface area contributed by atoms with E-state index in [4.69, 9.17) is 0 Å². The summed E-state index contributed by atoms with van der Waals surface area (Å²) >= 11 is 0. The van der Waals surface area contributed by atoms with Crippen molar-refractivity contribution in [3.8, 4) is 0 Å². The number of hydrogen-bond donors (Lipinski definition) is 2. The van der Waals surface area contributed by atoms with Gasteiger partial charge in [0.05, 0.1) is 6.54 Å². The number of carbonyl (C=O) groups excluding carboxylic acids is 1. The predicted octanol–water partition coefficient (Wildman–Crippen LogP) is 2.57. The molecule has 1 fully saturated rings. The smallest absolute Gasteiger partial charge is 0.224 e. The van der Waals surface area contributed by atoms with Crippen molar-refractivity contribution in [2.24, 2.45) is 5.92 Å². The van der Waals surface area contributed by atoms with E-state index in [1.165, 1.54) is 0 Å². The molecule has 5 heteroatoms. The number of benzene rings is 1. The van der Waals surface area contributed by atoms with Crippen LogP contribution in [0.25, 0.3) is 0 Å². The van der Waals surface area contributed by atoms with Crippen LogP contribution in [-0.4, -0.2) is 28.5 Å². The zero-order valence-corrected chi connectivity index (χ0v) is 13.6. The average molecular weight is 312 g/mol. The summed E-state index contributed by atoms with van der Waals surface area (Å²) in [5, 5.41) is 6.43. The second kappa shape index (κ2) is 7.42. The molecule has 122 valence electrons. The number of hydrogen-bond acceptors (Lipinski definition) is 3. The van der Waals surface area contributed by atoms with Gasteiger partial charge in [0, 0.05) is 24.5 Å². The minimum atomic E-state index is 0.117. The number of aryl methyl sites for hydroxylation is 1. The van der Waals surface area contributed by atoms with Gasteiger partial charge in [-0.3, -0.25) is 4.79 Å². The molecular formula is C18H24N4O. The summed E-state index contributed by atoms with van der Waals surface area (Å²) < 4.78 is 2.08. The Morgan fingerprint density at radius 1 is 1.35 bits per heavy atom. The van der Waals surface area contributed by atoms with Crippen LogP contribution in [-0.2, 0) is 11.3 Å². The lowest BCUT2D eigenvalue weighted by Gasteiger charge is -2.22. The van der Waals surface area contributed by atoms with Gasteiger partial charge in [0.25, 0.3) is 0 Å². The molecule has 1 aromatic heterocycles. The topological polar surface area (TPSA) is 59.0 Å². The lowest BCUT2D eigenvalue weighted by molar-refractivity contribution is -0.117. The number of nitrogens with zero attached hydrogens (tertiary/aromatic N) is 2. The Morgan fingerprint density at radius 2 is 2.13 bits per heavy atom. The van der Waals surface area contributed by atoms with Gasteiger partial charge in [0.2, 0.25) is 5.91 Å². The molecule has 1 aliphatic rings. The van der Waals surface area contributed by atoms with Gasteiger partial charge in [-0.2, -0.15) is 0 Å². The standard InChI is InChI=1S/C18H24N4O/c1-14-20-10-11-22(14)13-16-4-2-3-5-17(16)21-18(23)12-15-6-8-19-9-7-15/h2-5,10-11,15,19H,6-9,12-13H2,1H3,(H,21,23). The highest BCUT2D eigenvalue weighted by Crippen LogP contribution is 2.20. The van der Waals surface area contributed by atoms with Gasteiger partial charge >= 0.3 is 0 Å². The van der Waals surface area contributed by atoms with Crippen LogP contribution in [0.1, 0.15) is 30.7 Å². The second-order valence-electron chi connectivity index (χ2n) is 6.21. The molecule has 1 saturated heterocycles. The van der Waals surface area contributed by atoms with E-state index in [9.17, 15) is 4.79 Å². The van der Waals surface area contributed by atoms with Crippen LogP contribution in [0.4, 0.5) is 5.69 Å². The predicted molar refractivity (Wildman–Crippen MR) is 91.3 cm³/mol. The van der Waals surface area contributed by atoms with Crippen molar-refractivity contribution in [3.05, 3.63) is 48.0 Å². The molecule has 1 amide bonds. The molecule has 2 N–H and O–H groups in total. The zero-order valence-electron chi connectivity index (χ0n) is 13.6. The van der Waals surface area contributed by atoms with E-state index < -0.39 is 0 Å². The molecule has 0 saturated carbocycles. The van der Waals surface area contributed by atoms with E-state index in [-0.39, 0.29) is 5.91 Å². The molecule has 2 heterocycles. The van der Waals surface area contributed by atoms with Crippen LogP contribution >= 0.6 is 0 Å². The van der Waals surface area contributed by atoms with Crippen molar-refractivity contribution >= 4 is 11.6 Å². The maximum atomic E-state index is 12.4. The molecule has 0 spiro atoms. The molecule has 0 aliphatic carbocycles. The Kier molecular flexibility index (Phi) is 5.08. The number of nitrogens with one attached hydrogen (secondary N) is 2. The SMILES string of the molecule is Cc1nccn1Cc1ccccc1NC(=O)CC1CCNCC1. The van der Waals surface area contributed by atoms with Crippen molar-refractivity contribution in [2.75, 3.05) is 18.4 Å². The van der Waals surface area contributed by atoms with Gasteiger partial charge in [-0.15, -0.1) is 0 Å². The molecular weight excluding hydrogens is 288 g/mol. The van der Waals surface area contributed by atoms with Crippen LogP contribution in [0, 0.1) is 12.8 Å². The largest absolute Gasteiger partial charge is 0.331 e. The van der Waals surface area contributed by atoms with Crippen LogP contribution in [0.3, 0.4) is 0 Å². The van der Waals surface area contributed by atoms with E-state index in [1.54, 1.807) is 6.20 Å². The Hall–Kier alpha value is -2.14. The van der Waals surface area contributed by atoms with Gasteiger partial charge < -0.3 is 15.2 Å². The molecule has 0 unspecified atom stereocenters. The van der Waals surface area contributed by atoms with Gasteiger partial charge in [-0.05, 0) is 50.4 Å². The molecule has 3 rings (SSSR count). The summed E-state index contributed by atoms with van der Waals surface area (Å²) in [6.45, 7) is 4.75.